The average Bonchev–Trinajstić information content (AvgIpc) is 2.94. The number of hydrogen-bond acceptors (Lipinski definition) is 4. The van der Waals surface area contributed by atoms with Crippen LogP contribution in [0, 0.1) is 13.8 Å². The fraction of sp³-hybridized carbons (Fsp3) is 0.273. The first-order valence-electron chi connectivity index (χ1n) is 8.82. The van der Waals surface area contributed by atoms with Gasteiger partial charge in [0.1, 0.15) is 11.5 Å². The van der Waals surface area contributed by atoms with Gasteiger partial charge >= 0.3 is 5.97 Å². The summed E-state index contributed by atoms with van der Waals surface area (Å²) in [6.45, 7) is 7.05. The van der Waals surface area contributed by atoms with Crippen LogP contribution in [0.4, 0.5) is 0 Å². The fourth-order valence-corrected chi connectivity index (χ4v) is 3.01. The number of hydrogen-bond donors (Lipinski definition) is 1. The number of benzene rings is 2. The Balaban J connectivity index is 1.92. The van der Waals surface area contributed by atoms with Crippen LogP contribution in [0.15, 0.2) is 42.2 Å². The summed E-state index contributed by atoms with van der Waals surface area (Å²) in [5.74, 6) is 0.226. The first-order chi connectivity index (χ1) is 12.7. The Hall–Kier alpha value is -3.08. The van der Waals surface area contributed by atoms with Gasteiger partial charge in [0.05, 0.1) is 5.56 Å². The molecule has 0 radical (unpaired) electrons. The molecule has 0 saturated heterocycles. The van der Waals surface area contributed by atoms with Gasteiger partial charge < -0.3 is 14.6 Å². The molecular formula is C22H22O5. The minimum Gasteiger partial charge on any atom is -0.478 e. The van der Waals surface area contributed by atoms with Crippen molar-refractivity contribution in [3.63, 3.8) is 0 Å². The normalized spacial score (nSPS) is 16.6. The van der Waals surface area contributed by atoms with E-state index in [1.54, 1.807) is 38.1 Å². The Labute approximate surface area is 158 Å². The molecule has 1 N–H and O–H groups in total. The molecule has 0 bridgehead atoms. The number of Topliss-reactive ketones (excluding diaryl/α,β-unsaturated/α-hetero) is 1. The molecule has 1 unspecified atom stereocenters. The molecule has 3 rings (SSSR count). The van der Waals surface area contributed by atoms with Crippen molar-refractivity contribution >= 4 is 17.8 Å². The second kappa shape index (κ2) is 6.91. The van der Waals surface area contributed by atoms with Gasteiger partial charge in [-0.15, -0.1) is 0 Å². The van der Waals surface area contributed by atoms with Crippen molar-refractivity contribution < 1.29 is 24.2 Å². The zero-order valence-corrected chi connectivity index (χ0v) is 15.8. The van der Waals surface area contributed by atoms with E-state index in [1.165, 1.54) is 0 Å². The first-order valence-corrected chi connectivity index (χ1v) is 8.82. The lowest BCUT2D eigenvalue weighted by Gasteiger charge is -2.27. The highest BCUT2D eigenvalue weighted by Crippen LogP contribution is 2.34. The molecule has 0 fully saturated rings. The third kappa shape index (κ3) is 3.45. The van der Waals surface area contributed by atoms with Gasteiger partial charge in [0.15, 0.2) is 5.76 Å². The smallest absolute Gasteiger partial charge is 0.347 e. The number of allylic oxidation sites excluding steroid dienone is 1. The summed E-state index contributed by atoms with van der Waals surface area (Å²) >= 11 is 0. The summed E-state index contributed by atoms with van der Waals surface area (Å²) in [4.78, 5) is 24.0. The molecule has 0 aliphatic carbocycles. The Kier molecular flexibility index (Phi) is 4.79. The predicted octanol–water partition coefficient (Wildman–Crippen LogP) is 4.55. The number of carboxylic acid groups (broad SMARTS) is 1. The number of carbonyl (C=O) groups is 2. The van der Waals surface area contributed by atoms with E-state index in [0.29, 0.717) is 23.5 Å². The Morgan fingerprint density at radius 1 is 1.22 bits per heavy atom. The second-order valence-corrected chi connectivity index (χ2v) is 6.91. The maximum atomic E-state index is 12.5. The lowest BCUT2D eigenvalue weighted by molar-refractivity contribution is -0.154. The highest BCUT2D eigenvalue weighted by molar-refractivity contribution is 6.14. The molecule has 2 aromatic carbocycles. The van der Waals surface area contributed by atoms with E-state index in [2.05, 4.69) is 0 Å². The maximum absolute atomic E-state index is 12.5. The quantitative estimate of drug-likeness (QED) is 0.786. The van der Waals surface area contributed by atoms with Crippen molar-refractivity contribution in [1.82, 2.24) is 0 Å². The van der Waals surface area contributed by atoms with E-state index in [0.717, 1.165) is 16.7 Å². The molecule has 2 aromatic rings. The minimum absolute atomic E-state index is 0.148. The van der Waals surface area contributed by atoms with Crippen LogP contribution in [0.5, 0.6) is 11.5 Å². The van der Waals surface area contributed by atoms with Gasteiger partial charge in [0.2, 0.25) is 11.4 Å². The summed E-state index contributed by atoms with van der Waals surface area (Å²) in [6.07, 6.45) is 2.04. The predicted molar refractivity (Wildman–Crippen MR) is 102 cm³/mol. The number of aryl methyl sites for hydroxylation is 2. The number of carboxylic acids is 1. The molecule has 1 aliphatic heterocycles. The van der Waals surface area contributed by atoms with Crippen molar-refractivity contribution in [1.29, 1.82) is 0 Å². The molecule has 0 aromatic heterocycles. The van der Waals surface area contributed by atoms with Crippen LogP contribution in [0.25, 0.3) is 6.08 Å². The van der Waals surface area contributed by atoms with Crippen molar-refractivity contribution in [3.8, 4) is 11.5 Å². The zero-order chi connectivity index (χ0) is 19.8. The van der Waals surface area contributed by atoms with Gasteiger partial charge in [-0.05, 0) is 74.2 Å². The van der Waals surface area contributed by atoms with Crippen LogP contribution in [0.2, 0.25) is 0 Å². The number of para-hydroxylation sites is 1. The molecule has 5 heteroatoms. The van der Waals surface area contributed by atoms with Crippen LogP contribution < -0.4 is 9.47 Å². The highest BCUT2D eigenvalue weighted by atomic mass is 16.5. The van der Waals surface area contributed by atoms with E-state index in [1.807, 2.05) is 32.0 Å². The van der Waals surface area contributed by atoms with Gasteiger partial charge in [-0.25, -0.2) is 4.79 Å². The standard InChI is InChI=1S/C22H22O5/c1-5-22(4,21(24)25)27-20-13(2)10-15(11-14(20)3)12-18-19(23)16-8-6-7-9-17(16)26-18/h6-12H,5H2,1-4H3,(H,24,25)/b18-12-. The SMILES string of the molecule is CCC(C)(Oc1c(C)cc(/C=C2\Oc3ccccc3C2=O)cc1C)C(=O)O. The molecule has 27 heavy (non-hydrogen) atoms. The third-order valence-corrected chi connectivity index (χ3v) is 4.81. The lowest BCUT2D eigenvalue weighted by atomic mass is 10.0. The zero-order valence-electron chi connectivity index (χ0n) is 15.8. The molecule has 1 atom stereocenters. The molecule has 0 amide bonds. The number of rotatable bonds is 5. The van der Waals surface area contributed by atoms with Crippen LogP contribution in [0.1, 0.15) is 47.3 Å². The fourth-order valence-electron chi connectivity index (χ4n) is 3.01. The molecule has 5 nitrogen and oxygen atoms in total. The maximum Gasteiger partial charge on any atom is 0.347 e. The number of ether oxygens (including phenoxy) is 2. The van der Waals surface area contributed by atoms with Crippen LogP contribution in [-0.2, 0) is 4.79 Å². The van der Waals surface area contributed by atoms with Gasteiger partial charge in [0, 0.05) is 0 Å². The van der Waals surface area contributed by atoms with Crippen LogP contribution in [0.3, 0.4) is 0 Å². The number of ketones is 1. The van der Waals surface area contributed by atoms with Crippen molar-refractivity contribution in [2.45, 2.75) is 39.7 Å². The summed E-state index contributed by atoms with van der Waals surface area (Å²) in [7, 11) is 0. The summed E-state index contributed by atoms with van der Waals surface area (Å²) in [5.41, 5.74) is 1.65. The minimum atomic E-state index is -1.29. The molecule has 0 spiro atoms. The summed E-state index contributed by atoms with van der Waals surface area (Å²) < 4.78 is 11.5. The molecule has 1 heterocycles. The topological polar surface area (TPSA) is 72.8 Å². The number of carbonyl (C=O) groups excluding carboxylic acids is 1. The number of fused-ring (bicyclic) bond motifs is 1. The van der Waals surface area contributed by atoms with Gasteiger partial charge in [-0.2, -0.15) is 0 Å². The Bertz CT molecular complexity index is 934. The van der Waals surface area contributed by atoms with E-state index >= 15 is 0 Å². The van der Waals surface area contributed by atoms with E-state index in [4.69, 9.17) is 9.47 Å². The second-order valence-electron chi connectivity index (χ2n) is 6.91. The van der Waals surface area contributed by atoms with Gasteiger partial charge in [-0.1, -0.05) is 19.1 Å². The third-order valence-electron chi connectivity index (χ3n) is 4.81. The van der Waals surface area contributed by atoms with Crippen LogP contribution in [-0.4, -0.2) is 22.5 Å². The largest absolute Gasteiger partial charge is 0.478 e. The summed E-state index contributed by atoms with van der Waals surface area (Å²) in [5, 5.41) is 9.45. The first kappa shape index (κ1) is 18.7. The Morgan fingerprint density at radius 3 is 2.41 bits per heavy atom. The van der Waals surface area contributed by atoms with Crippen molar-refractivity contribution in [3.05, 3.63) is 64.4 Å². The molecule has 1 aliphatic rings. The number of aliphatic carboxylic acids is 1. The molecule has 140 valence electrons. The van der Waals surface area contributed by atoms with Gasteiger partial charge in [0.25, 0.3) is 0 Å². The Morgan fingerprint density at radius 2 is 1.85 bits per heavy atom. The van der Waals surface area contributed by atoms with Crippen molar-refractivity contribution in [2.75, 3.05) is 0 Å². The highest BCUT2D eigenvalue weighted by Gasteiger charge is 2.34. The molecule has 0 saturated carbocycles. The average molecular weight is 366 g/mol. The van der Waals surface area contributed by atoms with E-state index in [9.17, 15) is 14.7 Å². The van der Waals surface area contributed by atoms with Gasteiger partial charge in [-0.3, -0.25) is 4.79 Å². The van der Waals surface area contributed by atoms with Crippen molar-refractivity contribution in [2.24, 2.45) is 0 Å². The molecular weight excluding hydrogens is 344 g/mol. The monoisotopic (exact) mass is 366 g/mol. The van der Waals surface area contributed by atoms with E-state index < -0.39 is 11.6 Å². The lowest BCUT2D eigenvalue weighted by Crippen LogP contribution is -2.41. The van der Waals surface area contributed by atoms with E-state index in [-0.39, 0.29) is 11.5 Å². The summed E-state index contributed by atoms with van der Waals surface area (Å²) in [6, 6.07) is 10.8. The van der Waals surface area contributed by atoms with Crippen LogP contribution >= 0.6 is 0 Å².